The van der Waals surface area contributed by atoms with Crippen LogP contribution in [-0.4, -0.2) is 91.0 Å². The highest BCUT2D eigenvalue weighted by atomic mass is 19.3. The van der Waals surface area contributed by atoms with Gasteiger partial charge in [-0.15, -0.1) is 0 Å². The Balaban J connectivity index is 0.000000559. The maximum atomic E-state index is 13.4. The van der Waals surface area contributed by atoms with Crippen LogP contribution in [0.15, 0.2) is 30.6 Å². The molecule has 228 valence electrons. The number of carbonyl (C=O) groups excluding carboxylic acids is 1. The number of benzene rings is 1. The number of aryl methyl sites for hydroxylation is 1. The van der Waals surface area contributed by atoms with Crippen molar-refractivity contribution in [2.75, 3.05) is 31.2 Å². The molecule has 2 aliphatic heterocycles. The minimum atomic E-state index is -3.23. The summed E-state index contributed by atoms with van der Waals surface area (Å²) in [5.74, 6) is -1.73. The summed E-state index contributed by atoms with van der Waals surface area (Å²) in [6.45, 7) is 5.67. The monoisotopic (exact) mass is 595 g/mol. The van der Waals surface area contributed by atoms with Gasteiger partial charge in [-0.25, -0.2) is 9.78 Å². The van der Waals surface area contributed by atoms with Crippen molar-refractivity contribution in [1.29, 1.82) is 5.26 Å². The topological polar surface area (TPSA) is 144 Å². The van der Waals surface area contributed by atoms with Gasteiger partial charge in [-0.1, -0.05) is 25.0 Å². The van der Waals surface area contributed by atoms with Crippen molar-refractivity contribution in [2.24, 2.45) is 7.05 Å². The number of amides is 1. The van der Waals surface area contributed by atoms with Crippen molar-refractivity contribution in [1.82, 2.24) is 34.7 Å². The summed E-state index contributed by atoms with van der Waals surface area (Å²) in [6, 6.07) is 10.7. The smallest absolute Gasteiger partial charge is 0.371 e. The normalized spacial score (nSPS) is 17.8. The number of hydrazine groups is 1. The molecule has 2 N–H and O–H groups in total. The number of hydrogen-bond acceptors (Lipinski definition) is 9. The summed E-state index contributed by atoms with van der Waals surface area (Å²) in [6.07, 6.45) is 5.14. The van der Waals surface area contributed by atoms with E-state index in [-0.39, 0.29) is 17.8 Å². The maximum absolute atomic E-state index is 13.4. The SMILES string of the molecule is Cn1cnc2c(N(NC(=O)c3ccc(CN4CC(N5CCCC5)C4)cc3)C3CCCC3)nc(C#N)nc21.O=C(O)C(F)F. The lowest BCUT2D eigenvalue weighted by Crippen LogP contribution is -2.58. The first-order chi connectivity index (χ1) is 20.7. The highest BCUT2D eigenvalue weighted by Crippen LogP contribution is 2.30. The van der Waals surface area contributed by atoms with Crippen molar-refractivity contribution < 1.29 is 23.5 Å². The number of carbonyl (C=O) groups is 2. The number of rotatable bonds is 8. The molecule has 3 fully saturated rings. The molecule has 6 rings (SSSR count). The quantitative estimate of drug-likeness (QED) is 0.373. The Kier molecular flexibility index (Phi) is 9.42. The van der Waals surface area contributed by atoms with Crippen LogP contribution in [-0.2, 0) is 18.4 Å². The van der Waals surface area contributed by atoms with Crippen LogP contribution in [0, 0.1) is 11.3 Å². The number of halogens is 2. The van der Waals surface area contributed by atoms with E-state index in [1.807, 2.05) is 42.4 Å². The number of nitrogens with one attached hydrogen (secondary N) is 1. The van der Waals surface area contributed by atoms with Gasteiger partial charge in [-0.05, 0) is 56.5 Å². The van der Waals surface area contributed by atoms with Gasteiger partial charge in [-0.2, -0.15) is 24.0 Å². The van der Waals surface area contributed by atoms with E-state index >= 15 is 0 Å². The molecule has 43 heavy (non-hydrogen) atoms. The van der Waals surface area contributed by atoms with Crippen molar-refractivity contribution >= 4 is 28.9 Å². The van der Waals surface area contributed by atoms with Crippen LogP contribution in [0.1, 0.15) is 60.3 Å². The molecule has 12 nitrogen and oxygen atoms in total. The van der Waals surface area contributed by atoms with Gasteiger partial charge in [0.2, 0.25) is 5.82 Å². The fourth-order valence-electron chi connectivity index (χ4n) is 5.89. The number of carboxylic acids is 1. The fourth-order valence-corrected chi connectivity index (χ4v) is 5.89. The molecule has 0 atom stereocenters. The van der Waals surface area contributed by atoms with Crippen molar-refractivity contribution in [3.05, 3.63) is 47.5 Å². The number of aromatic nitrogens is 4. The second kappa shape index (κ2) is 13.4. The fraction of sp³-hybridized carbons (Fsp3) is 0.517. The zero-order chi connectivity index (χ0) is 30.5. The third kappa shape index (κ3) is 7.06. The van der Waals surface area contributed by atoms with E-state index in [9.17, 15) is 18.8 Å². The van der Waals surface area contributed by atoms with Crippen LogP contribution >= 0.6 is 0 Å². The Hall–Kier alpha value is -4.22. The van der Waals surface area contributed by atoms with Gasteiger partial charge in [0.1, 0.15) is 6.07 Å². The predicted octanol–water partition coefficient (Wildman–Crippen LogP) is 2.95. The number of aliphatic carboxylic acids is 1. The molecular formula is C29H35F2N9O3. The molecule has 1 aliphatic carbocycles. The van der Waals surface area contributed by atoms with E-state index in [4.69, 9.17) is 9.90 Å². The van der Waals surface area contributed by atoms with E-state index in [2.05, 4.69) is 30.2 Å². The third-order valence-electron chi connectivity index (χ3n) is 8.19. The minimum Gasteiger partial charge on any atom is -0.477 e. The lowest BCUT2D eigenvalue weighted by Gasteiger charge is -2.44. The summed E-state index contributed by atoms with van der Waals surface area (Å²) in [4.78, 5) is 40.7. The number of imidazole rings is 1. The molecule has 2 aromatic heterocycles. The predicted molar refractivity (Wildman–Crippen MR) is 153 cm³/mol. The largest absolute Gasteiger partial charge is 0.477 e. The molecule has 0 unspecified atom stereocenters. The second-order valence-corrected chi connectivity index (χ2v) is 11.2. The van der Waals surface area contributed by atoms with Crippen LogP contribution < -0.4 is 10.4 Å². The molecule has 0 bridgehead atoms. The molecule has 2 saturated heterocycles. The Labute approximate surface area is 247 Å². The molecule has 3 aromatic rings. The maximum Gasteiger partial charge on any atom is 0.371 e. The number of nitriles is 1. The van der Waals surface area contributed by atoms with Crippen LogP contribution in [0.5, 0.6) is 0 Å². The van der Waals surface area contributed by atoms with Gasteiger partial charge < -0.3 is 9.67 Å². The summed E-state index contributed by atoms with van der Waals surface area (Å²) in [5.41, 5.74) is 6.05. The van der Waals surface area contributed by atoms with E-state index in [0.717, 1.165) is 45.3 Å². The van der Waals surface area contributed by atoms with E-state index < -0.39 is 12.4 Å². The Morgan fingerprint density at radius 1 is 1.12 bits per heavy atom. The number of hydrogen-bond donors (Lipinski definition) is 2. The Morgan fingerprint density at radius 3 is 2.37 bits per heavy atom. The zero-order valence-electron chi connectivity index (χ0n) is 24.0. The molecule has 14 heteroatoms. The first-order valence-corrected chi connectivity index (χ1v) is 14.5. The number of likely N-dealkylation sites (tertiary alicyclic amines) is 2. The van der Waals surface area contributed by atoms with E-state index in [1.54, 1.807) is 10.9 Å². The average molecular weight is 596 g/mol. The molecule has 0 spiro atoms. The number of carboxylic acid groups (broad SMARTS) is 1. The summed E-state index contributed by atoms with van der Waals surface area (Å²) in [7, 11) is 1.83. The molecule has 3 aliphatic rings. The average Bonchev–Trinajstić information content (AvgIpc) is 3.77. The molecular weight excluding hydrogens is 560 g/mol. The number of alkyl halides is 2. The van der Waals surface area contributed by atoms with E-state index in [1.165, 1.54) is 31.5 Å². The summed E-state index contributed by atoms with van der Waals surface area (Å²) < 4.78 is 22.9. The van der Waals surface area contributed by atoms with Gasteiger partial charge in [0.25, 0.3) is 5.91 Å². The molecule has 1 saturated carbocycles. The van der Waals surface area contributed by atoms with Gasteiger partial charge in [0.05, 0.1) is 12.4 Å². The molecule has 0 radical (unpaired) electrons. The number of anilines is 1. The number of fused-ring (bicyclic) bond motifs is 1. The van der Waals surface area contributed by atoms with Crippen LogP contribution in [0.4, 0.5) is 14.6 Å². The Morgan fingerprint density at radius 2 is 1.77 bits per heavy atom. The highest BCUT2D eigenvalue weighted by Gasteiger charge is 2.33. The summed E-state index contributed by atoms with van der Waals surface area (Å²) in [5, 5.41) is 18.6. The van der Waals surface area contributed by atoms with Gasteiger partial charge in [0, 0.05) is 38.3 Å². The van der Waals surface area contributed by atoms with Crippen molar-refractivity contribution in [2.45, 2.75) is 63.6 Å². The first kappa shape index (κ1) is 30.2. The third-order valence-corrected chi connectivity index (χ3v) is 8.19. The molecule has 4 heterocycles. The summed E-state index contributed by atoms with van der Waals surface area (Å²) >= 11 is 0. The molecule has 1 amide bonds. The first-order valence-electron chi connectivity index (χ1n) is 14.5. The minimum absolute atomic E-state index is 0.0608. The van der Waals surface area contributed by atoms with Crippen molar-refractivity contribution in [3.8, 4) is 6.07 Å². The number of nitrogens with zero attached hydrogens (tertiary/aromatic N) is 8. The van der Waals surface area contributed by atoms with Crippen LogP contribution in [0.2, 0.25) is 0 Å². The van der Waals surface area contributed by atoms with Crippen LogP contribution in [0.25, 0.3) is 11.2 Å². The second-order valence-electron chi connectivity index (χ2n) is 11.2. The van der Waals surface area contributed by atoms with Gasteiger partial charge >= 0.3 is 12.4 Å². The Bertz CT molecular complexity index is 1470. The zero-order valence-corrected chi connectivity index (χ0v) is 24.0. The van der Waals surface area contributed by atoms with Crippen molar-refractivity contribution in [3.63, 3.8) is 0 Å². The highest BCUT2D eigenvalue weighted by molar-refractivity contribution is 5.96. The van der Waals surface area contributed by atoms with Gasteiger partial charge in [-0.3, -0.25) is 25.0 Å². The van der Waals surface area contributed by atoms with Gasteiger partial charge in [0.15, 0.2) is 17.0 Å². The van der Waals surface area contributed by atoms with Crippen LogP contribution in [0.3, 0.4) is 0 Å². The lowest BCUT2D eigenvalue weighted by atomic mass is 10.0. The standard InChI is InChI=1S/C27H33N9O.C2H2F2O2/c1-33-18-29-24-25(33)30-23(14-28)31-26(24)36(21-6-2-3-7-21)32-27(37)20-10-8-19(9-11-20)15-34-16-22(17-34)35-12-4-5-13-35;3-1(4)2(5)6/h8-11,18,21-22H,2-7,12-13,15-17H2,1H3,(H,32,37);1H,(H,5,6). The van der Waals surface area contributed by atoms with E-state index in [0.29, 0.717) is 28.6 Å². The lowest BCUT2D eigenvalue weighted by molar-refractivity contribution is -0.149. The molecule has 1 aromatic carbocycles.